The number of para-hydroxylation sites is 3. The van der Waals surface area contributed by atoms with Crippen molar-refractivity contribution >= 4 is 66.7 Å². The van der Waals surface area contributed by atoms with Crippen LogP contribution in [0, 0.1) is 0 Å². The van der Waals surface area contributed by atoms with E-state index >= 15 is 0 Å². The van der Waals surface area contributed by atoms with Crippen molar-refractivity contribution < 1.29 is 14.2 Å². The molecule has 0 aliphatic carbocycles. The standard InChI is InChI=1S/C42H23BN2O3/c1-2-10-24(11-3-1)44-30-14-6-4-12-26(30)28-23-33-29(22-32(28)44)27-13-5-7-15-31(27)45(33)25-20-38-42-39(21-25)48-37-19-9-17-35-41(37)43(42)40-34(46-35)16-8-18-36(40)47-38/h1-23H. The van der Waals surface area contributed by atoms with E-state index in [1.807, 2.05) is 36.4 Å². The third-order valence-electron chi connectivity index (χ3n) is 10.4. The van der Waals surface area contributed by atoms with Crippen molar-refractivity contribution in [2.45, 2.75) is 0 Å². The molecule has 0 spiro atoms. The maximum Gasteiger partial charge on any atom is 0.270 e. The highest BCUT2D eigenvalue weighted by atomic mass is 16.5. The summed E-state index contributed by atoms with van der Waals surface area (Å²) in [5.74, 6) is 4.96. The van der Waals surface area contributed by atoms with Crippen molar-refractivity contribution in [3.63, 3.8) is 0 Å². The van der Waals surface area contributed by atoms with Crippen LogP contribution in [0.25, 0.3) is 55.0 Å². The fourth-order valence-corrected chi connectivity index (χ4v) is 8.49. The molecular formula is C42H23BN2O3. The third kappa shape index (κ3) is 3.03. The van der Waals surface area contributed by atoms with Gasteiger partial charge in [-0.05, 0) is 60.7 Å². The number of ether oxygens (including phenoxy) is 3. The van der Waals surface area contributed by atoms with Gasteiger partial charge < -0.3 is 23.3 Å². The van der Waals surface area contributed by atoms with Crippen LogP contribution in [-0.2, 0) is 0 Å². The lowest BCUT2D eigenvalue weighted by atomic mass is 9.34. The van der Waals surface area contributed by atoms with Crippen molar-refractivity contribution in [1.29, 1.82) is 0 Å². The summed E-state index contributed by atoms with van der Waals surface area (Å²) in [4.78, 5) is 0. The van der Waals surface area contributed by atoms with Crippen LogP contribution in [0.1, 0.15) is 0 Å². The molecule has 5 nitrogen and oxygen atoms in total. The molecule has 0 saturated heterocycles. The molecule has 0 fully saturated rings. The molecule has 0 N–H and O–H groups in total. The topological polar surface area (TPSA) is 37.5 Å². The summed E-state index contributed by atoms with van der Waals surface area (Å²) in [5.41, 5.74) is 9.96. The zero-order valence-corrected chi connectivity index (χ0v) is 25.5. The fraction of sp³-hybridized carbons (Fsp3) is 0. The van der Waals surface area contributed by atoms with Gasteiger partial charge in [-0.2, -0.15) is 0 Å². The highest BCUT2D eigenvalue weighted by Gasteiger charge is 2.46. The van der Waals surface area contributed by atoms with E-state index in [-0.39, 0.29) is 6.71 Å². The lowest BCUT2D eigenvalue weighted by Crippen LogP contribution is -2.59. The van der Waals surface area contributed by atoms with Gasteiger partial charge in [0.1, 0.15) is 34.5 Å². The minimum Gasteiger partial charge on any atom is -0.458 e. The van der Waals surface area contributed by atoms with Gasteiger partial charge in [0.25, 0.3) is 6.71 Å². The monoisotopic (exact) mass is 614 g/mol. The minimum absolute atomic E-state index is 0.0143. The Hall–Kier alpha value is -6.40. The number of nitrogens with zero attached hydrogens (tertiary/aromatic N) is 2. The Bertz CT molecular complexity index is 2810. The van der Waals surface area contributed by atoms with E-state index in [1.165, 1.54) is 32.6 Å². The van der Waals surface area contributed by atoms with Crippen LogP contribution >= 0.6 is 0 Å². The predicted octanol–water partition coefficient (Wildman–Crippen LogP) is 8.71. The third-order valence-corrected chi connectivity index (χ3v) is 10.4. The molecule has 3 aliphatic rings. The molecule has 0 atom stereocenters. The molecule has 0 bridgehead atoms. The first-order valence-corrected chi connectivity index (χ1v) is 16.3. The lowest BCUT2D eigenvalue weighted by molar-refractivity contribution is 0.442. The average Bonchev–Trinajstić information content (AvgIpc) is 3.63. The summed E-state index contributed by atoms with van der Waals surface area (Å²) in [6, 6.07) is 49.2. The van der Waals surface area contributed by atoms with E-state index in [9.17, 15) is 0 Å². The SMILES string of the molecule is c1ccc(-n2c3ccccc3c3cc4c(cc32)c2ccccc2n4-c2cc3c4c(c2)Oc2cccc5c2B4c2c(cccc2O3)O5)cc1. The summed E-state index contributed by atoms with van der Waals surface area (Å²) in [7, 11) is 0. The van der Waals surface area contributed by atoms with Crippen LogP contribution in [0.4, 0.5) is 0 Å². The molecule has 0 unspecified atom stereocenters. The molecule has 6 heteroatoms. The highest BCUT2D eigenvalue weighted by molar-refractivity contribution is 6.99. The van der Waals surface area contributed by atoms with Crippen LogP contribution in [0.5, 0.6) is 34.5 Å². The van der Waals surface area contributed by atoms with Crippen LogP contribution < -0.4 is 30.6 Å². The quantitative estimate of drug-likeness (QED) is 0.183. The van der Waals surface area contributed by atoms with Crippen LogP contribution in [0.3, 0.4) is 0 Å². The molecule has 0 radical (unpaired) electrons. The molecular weight excluding hydrogens is 591 g/mol. The Morgan fingerprint density at radius 1 is 0.333 bits per heavy atom. The Kier molecular flexibility index (Phi) is 4.49. The van der Waals surface area contributed by atoms with Crippen LogP contribution in [-0.4, -0.2) is 15.8 Å². The predicted molar refractivity (Wildman–Crippen MR) is 193 cm³/mol. The zero-order chi connectivity index (χ0) is 31.1. The van der Waals surface area contributed by atoms with Gasteiger partial charge in [0.15, 0.2) is 0 Å². The first-order valence-electron chi connectivity index (χ1n) is 16.3. The summed E-state index contributed by atoms with van der Waals surface area (Å²) in [5, 5.41) is 4.83. The molecule has 7 aromatic carbocycles. The molecule has 5 heterocycles. The molecule has 222 valence electrons. The largest absolute Gasteiger partial charge is 0.458 e. The Morgan fingerprint density at radius 3 is 1.31 bits per heavy atom. The second-order valence-corrected chi connectivity index (χ2v) is 12.9. The first-order chi connectivity index (χ1) is 23.8. The van der Waals surface area contributed by atoms with E-state index in [2.05, 4.69) is 112 Å². The first kappa shape index (κ1) is 24.8. The van der Waals surface area contributed by atoms with Crippen LogP contribution in [0.15, 0.2) is 140 Å². The smallest absolute Gasteiger partial charge is 0.270 e. The van der Waals surface area contributed by atoms with E-state index in [0.717, 1.165) is 73.3 Å². The molecule has 2 aromatic heterocycles. The van der Waals surface area contributed by atoms with E-state index in [0.29, 0.717) is 0 Å². The number of hydrogen-bond acceptors (Lipinski definition) is 3. The maximum absolute atomic E-state index is 6.72. The van der Waals surface area contributed by atoms with E-state index in [1.54, 1.807) is 0 Å². The van der Waals surface area contributed by atoms with Crippen molar-refractivity contribution in [3.8, 4) is 45.9 Å². The second kappa shape index (κ2) is 8.69. The van der Waals surface area contributed by atoms with Crippen molar-refractivity contribution in [2.75, 3.05) is 0 Å². The maximum atomic E-state index is 6.72. The van der Waals surface area contributed by atoms with Gasteiger partial charge in [-0.15, -0.1) is 0 Å². The zero-order valence-electron chi connectivity index (χ0n) is 25.5. The van der Waals surface area contributed by atoms with Crippen molar-refractivity contribution in [1.82, 2.24) is 9.13 Å². The highest BCUT2D eigenvalue weighted by Crippen LogP contribution is 2.44. The van der Waals surface area contributed by atoms with Crippen molar-refractivity contribution in [3.05, 3.63) is 140 Å². The van der Waals surface area contributed by atoms with Crippen LogP contribution in [0.2, 0.25) is 0 Å². The van der Waals surface area contributed by atoms with Gasteiger partial charge in [-0.25, -0.2) is 0 Å². The van der Waals surface area contributed by atoms with Gasteiger partial charge in [-0.1, -0.05) is 66.7 Å². The normalized spacial score (nSPS) is 13.5. The summed E-state index contributed by atoms with van der Waals surface area (Å²) >= 11 is 0. The molecule has 3 aliphatic heterocycles. The second-order valence-electron chi connectivity index (χ2n) is 12.9. The molecule has 0 amide bonds. The van der Waals surface area contributed by atoms with Crippen molar-refractivity contribution in [2.24, 2.45) is 0 Å². The van der Waals surface area contributed by atoms with E-state index < -0.39 is 0 Å². The van der Waals surface area contributed by atoms with Gasteiger partial charge >= 0.3 is 0 Å². The summed E-state index contributed by atoms with van der Waals surface area (Å²) in [6.45, 7) is -0.0143. The number of benzene rings is 7. The van der Waals surface area contributed by atoms with Gasteiger partial charge in [0.2, 0.25) is 0 Å². The van der Waals surface area contributed by atoms with E-state index in [4.69, 9.17) is 14.2 Å². The molecule has 12 rings (SSSR count). The number of fused-ring (bicyclic) bond motifs is 6. The minimum atomic E-state index is -0.0143. The Balaban J connectivity index is 1.16. The number of rotatable bonds is 2. The molecule has 48 heavy (non-hydrogen) atoms. The van der Waals surface area contributed by atoms with Gasteiger partial charge in [0.05, 0.1) is 27.8 Å². The van der Waals surface area contributed by atoms with Gasteiger partial charge in [-0.3, -0.25) is 0 Å². The Labute approximate surface area is 274 Å². The number of hydrogen-bond donors (Lipinski definition) is 0. The number of aromatic nitrogens is 2. The molecule has 0 saturated carbocycles. The lowest BCUT2D eigenvalue weighted by Gasteiger charge is -2.37. The fourth-order valence-electron chi connectivity index (χ4n) is 8.49. The van der Waals surface area contributed by atoms with Gasteiger partial charge in [0, 0.05) is 55.8 Å². The summed E-state index contributed by atoms with van der Waals surface area (Å²) < 4.78 is 24.5. The Morgan fingerprint density at radius 2 is 0.771 bits per heavy atom. The summed E-state index contributed by atoms with van der Waals surface area (Å²) in [6.07, 6.45) is 0. The average molecular weight is 614 g/mol. The molecule has 9 aromatic rings.